The molecule has 3 N–H and O–H groups in total. The van der Waals surface area contributed by atoms with E-state index in [0.717, 1.165) is 23.4 Å². The van der Waals surface area contributed by atoms with E-state index in [1.54, 1.807) is 30.5 Å². The summed E-state index contributed by atoms with van der Waals surface area (Å²) in [7, 11) is 0. The van der Waals surface area contributed by atoms with E-state index in [1.165, 1.54) is 12.1 Å². The molecule has 0 fully saturated rings. The van der Waals surface area contributed by atoms with Gasteiger partial charge in [-0.1, -0.05) is 12.1 Å². The zero-order valence-electron chi connectivity index (χ0n) is 12.8. The Kier molecular flexibility index (Phi) is 4.42. The third kappa shape index (κ3) is 4.17. The number of H-pyrrole nitrogens is 1. The van der Waals surface area contributed by atoms with Gasteiger partial charge in [-0.3, -0.25) is 5.10 Å². The second kappa shape index (κ2) is 6.68. The van der Waals surface area contributed by atoms with Crippen molar-refractivity contribution in [2.45, 2.75) is 6.18 Å². The van der Waals surface area contributed by atoms with Crippen molar-refractivity contribution < 1.29 is 18.0 Å². The number of hydrogen-bond donors (Lipinski definition) is 3. The van der Waals surface area contributed by atoms with Crippen LogP contribution in [0, 0.1) is 0 Å². The second-order valence-electron chi connectivity index (χ2n) is 5.21. The molecule has 0 aliphatic heterocycles. The molecule has 1 heterocycles. The van der Waals surface area contributed by atoms with Crippen LogP contribution in [0.5, 0.6) is 0 Å². The molecule has 3 rings (SSSR count). The number of hydrogen-bond acceptors (Lipinski definition) is 2. The number of rotatable bonds is 3. The van der Waals surface area contributed by atoms with Crippen LogP contribution in [0.4, 0.5) is 29.3 Å². The highest BCUT2D eigenvalue weighted by molar-refractivity contribution is 6.00. The number of carbonyl (C=O) groups is 1. The van der Waals surface area contributed by atoms with E-state index < -0.39 is 17.8 Å². The Morgan fingerprint density at radius 1 is 0.960 bits per heavy atom. The molecule has 0 bridgehead atoms. The summed E-state index contributed by atoms with van der Waals surface area (Å²) in [6, 6.07) is 12.5. The summed E-state index contributed by atoms with van der Waals surface area (Å²) < 4.78 is 37.6. The lowest BCUT2D eigenvalue weighted by molar-refractivity contribution is -0.137. The Morgan fingerprint density at radius 3 is 2.32 bits per heavy atom. The number of nitrogens with zero attached hydrogens (tertiary/aromatic N) is 1. The van der Waals surface area contributed by atoms with Gasteiger partial charge in [-0.25, -0.2) is 4.79 Å². The molecule has 0 radical (unpaired) electrons. The molecular weight excluding hydrogens is 333 g/mol. The molecule has 0 saturated carbocycles. The molecule has 0 saturated heterocycles. The van der Waals surface area contributed by atoms with Crippen LogP contribution in [0.15, 0.2) is 60.8 Å². The monoisotopic (exact) mass is 346 g/mol. The molecule has 128 valence electrons. The van der Waals surface area contributed by atoms with E-state index in [0.29, 0.717) is 5.69 Å². The highest BCUT2D eigenvalue weighted by Gasteiger charge is 2.29. The predicted octanol–water partition coefficient (Wildman–Crippen LogP) is 4.74. The fourth-order valence-corrected chi connectivity index (χ4v) is 2.22. The van der Waals surface area contributed by atoms with Crippen molar-refractivity contribution in [3.8, 4) is 11.3 Å². The number of aromatic amines is 1. The zero-order chi connectivity index (χ0) is 17.9. The zero-order valence-corrected chi connectivity index (χ0v) is 12.8. The molecule has 8 heteroatoms. The van der Waals surface area contributed by atoms with E-state index in [-0.39, 0.29) is 5.69 Å². The van der Waals surface area contributed by atoms with Gasteiger partial charge in [-0.15, -0.1) is 0 Å². The van der Waals surface area contributed by atoms with Crippen LogP contribution >= 0.6 is 0 Å². The minimum absolute atomic E-state index is 0.259. The maximum atomic E-state index is 12.5. The first-order valence-electron chi connectivity index (χ1n) is 7.27. The van der Waals surface area contributed by atoms with Crippen LogP contribution in [0.1, 0.15) is 5.56 Å². The number of amides is 2. The molecule has 3 aromatic rings. The first-order valence-corrected chi connectivity index (χ1v) is 7.27. The summed E-state index contributed by atoms with van der Waals surface area (Å²) in [5.41, 5.74) is 1.66. The lowest BCUT2D eigenvalue weighted by Gasteiger charge is -2.10. The summed E-state index contributed by atoms with van der Waals surface area (Å²) in [5.74, 6) is 0. The Labute approximate surface area is 140 Å². The number of carbonyl (C=O) groups excluding carboxylic acids is 1. The number of urea groups is 1. The molecule has 0 aliphatic rings. The van der Waals surface area contributed by atoms with E-state index >= 15 is 0 Å². The van der Waals surface area contributed by atoms with Crippen molar-refractivity contribution in [1.29, 1.82) is 0 Å². The van der Waals surface area contributed by atoms with Gasteiger partial charge in [0.1, 0.15) is 0 Å². The van der Waals surface area contributed by atoms with Crippen LogP contribution in [0.2, 0.25) is 0 Å². The number of anilines is 2. The van der Waals surface area contributed by atoms with Gasteiger partial charge < -0.3 is 10.6 Å². The van der Waals surface area contributed by atoms with Crippen LogP contribution in [-0.2, 0) is 6.18 Å². The number of benzene rings is 2. The van der Waals surface area contributed by atoms with Gasteiger partial charge in [-0.2, -0.15) is 18.3 Å². The second-order valence-corrected chi connectivity index (χ2v) is 5.21. The standard InChI is InChI=1S/C17H13F3N4O/c18-17(19,20)12-4-6-13(7-5-12)22-16(25)23-14-3-1-2-11(10-14)15-8-9-21-24-15/h1-10H,(H,21,24)(H2,22,23,25). The normalized spacial score (nSPS) is 11.2. The van der Waals surface area contributed by atoms with Gasteiger partial charge in [0.15, 0.2) is 0 Å². The summed E-state index contributed by atoms with van der Waals surface area (Å²) in [6.07, 6.45) is -2.79. The maximum absolute atomic E-state index is 12.5. The molecule has 0 unspecified atom stereocenters. The minimum Gasteiger partial charge on any atom is -0.308 e. The van der Waals surface area contributed by atoms with Crippen LogP contribution in [0.3, 0.4) is 0 Å². The van der Waals surface area contributed by atoms with Gasteiger partial charge in [0.25, 0.3) is 0 Å². The van der Waals surface area contributed by atoms with E-state index in [2.05, 4.69) is 20.8 Å². The third-order valence-electron chi connectivity index (χ3n) is 3.40. The maximum Gasteiger partial charge on any atom is 0.416 e. The molecule has 0 spiro atoms. The molecule has 25 heavy (non-hydrogen) atoms. The minimum atomic E-state index is -4.41. The van der Waals surface area contributed by atoms with Crippen molar-refractivity contribution in [3.05, 3.63) is 66.4 Å². The molecule has 2 amide bonds. The topological polar surface area (TPSA) is 69.8 Å². The van der Waals surface area contributed by atoms with Gasteiger partial charge in [-0.05, 0) is 42.5 Å². The first-order chi connectivity index (χ1) is 11.9. The summed E-state index contributed by atoms with van der Waals surface area (Å²) in [6.45, 7) is 0. The molecule has 0 atom stereocenters. The molecular formula is C17H13F3N4O. The van der Waals surface area contributed by atoms with Crippen molar-refractivity contribution in [2.24, 2.45) is 0 Å². The highest BCUT2D eigenvalue weighted by Crippen LogP contribution is 2.29. The van der Waals surface area contributed by atoms with Crippen LogP contribution < -0.4 is 10.6 Å². The number of alkyl halides is 3. The van der Waals surface area contributed by atoms with Crippen LogP contribution in [-0.4, -0.2) is 16.2 Å². The molecule has 2 aromatic carbocycles. The first kappa shape index (κ1) is 16.6. The molecule has 5 nitrogen and oxygen atoms in total. The van der Waals surface area contributed by atoms with Crippen molar-refractivity contribution >= 4 is 17.4 Å². The quantitative estimate of drug-likeness (QED) is 0.641. The number of nitrogens with one attached hydrogen (secondary N) is 3. The van der Waals surface area contributed by atoms with E-state index in [9.17, 15) is 18.0 Å². The summed E-state index contributed by atoms with van der Waals surface area (Å²) in [5, 5.41) is 11.8. The van der Waals surface area contributed by atoms with E-state index in [4.69, 9.17) is 0 Å². The number of halogens is 3. The number of aromatic nitrogens is 2. The third-order valence-corrected chi connectivity index (χ3v) is 3.40. The van der Waals surface area contributed by atoms with Gasteiger partial charge in [0, 0.05) is 23.1 Å². The Balaban J connectivity index is 1.66. The summed E-state index contributed by atoms with van der Waals surface area (Å²) >= 11 is 0. The van der Waals surface area contributed by atoms with Gasteiger partial charge >= 0.3 is 12.2 Å². The van der Waals surface area contributed by atoms with E-state index in [1.807, 2.05) is 6.07 Å². The lowest BCUT2D eigenvalue weighted by atomic mass is 10.1. The smallest absolute Gasteiger partial charge is 0.308 e. The average molecular weight is 346 g/mol. The van der Waals surface area contributed by atoms with Crippen molar-refractivity contribution in [3.63, 3.8) is 0 Å². The predicted molar refractivity (Wildman–Crippen MR) is 88.1 cm³/mol. The molecule has 0 aliphatic carbocycles. The Hall–Kier alpha value is -3.29. The van der Waals surface area contributed by atoms with Gasteiger partial charge in [0.2, 0.25) is 0 Å². The van der Waals surface area contributed by atoms with Crippen molar-refractivity contribution in [2.75, 3.05) is 10.6 Å². The van der Waals surface area contributed by atoms with Crippen LogP contribution in [0.25, 0.3) is 11.3 Å². The Bertz CT molecular complexity index is 858. The van der Waals surface area contributed by atoms with Gasteiger partial charge in [0.05, 0.1) is 11.3 Å². The highest BCUT2D eigenvalue weighted by atomic mass is 19.4. The van der Waals surface area contributed by atoms with Crippen molar-refractivity contribution in [1.82, 2.24) is 10.2 Å². The average Bonchev–Trinajstić information content (AvgIpc) is 3.09. The largest absolute Gasteiger partial charge is 0.416 e. The fraction of sp³-hybridized carbons (Fsp3) is 0.0588. The Morgan fingerprint density at radius 2 is 1.68 bits per heavy atom. The fourth-order valence-electron chi connectivity index (χ4n) is 2.22. The lowest BCUT2D eigenvalue weighted by Crippen LogP contribution is -2.19. The summed E-state index contributed by atoms with van der Waals surface area (Å²) in [4.78, 5) is 12.0. The SMILES string of the molecule is O=C(Nc1ccc(C(F)(F)F)cc1)Nc1cccc(-c2ccn[nH]2)c1. The molecule has 1 aromatic heterocycles.